The summed E-state index contributed by atoms with van der Waals surface area (Å²) in [4.78, 5) is 52.4. The number of hydrogen-bond donors (Lipinski definition) is 2. The zero-order valence-corrected chi connectivity index (χ0v) is 16.2. The number of nitrogens with zero attached hydrogens (tertiary/aromatic N) is 2. The lowest BCUT2D eigenvalue weighted by Crippen LogP contribution is -2.56. The zero-order valence-electron chi connectivity index (χ0n) is 16.2. The highest BCUT2D eigenvalue weighted by atomic mass is 16.4. The Kier molecular flexibility index (Phi) is 5.02. The number of nitrogens with one attached hydrogen (secondary N) is 1. The largest absolute Gasteiger partial charge is 0.480 e. The fourth-order valence-electron chi connectivity index (χ4n) is 4.67. The Labute approximate surface area is 168 Å². The Hall–Kier alpha value is -2.90. The number of rotatable bonds is 5. The highest BCUT2D eigenvalue weighted by molar-refractivity contribution is 6.05. The topological polar surface area (TPSA) is 107 Å². The molecule has 4 rings (SSSR count). The maximum Gasteiger partial charge on any atom is 0.329 e. The van der Waals surface area contributed by atoms with Gasteiger partial charge in [-0.1, -0.05) is 43.5 Å². The molecule has 1 aromatic rings. The quantitative estimate of drug-likeness (QED) is 0.733. The number of carboxylic acids is 1. The number of benzene rings is 1. The van der Waals surface area contributed by atoms with E-state index in [9.17, 15) is 24.3 Å². The van der Waals surface area contributed by atoms with Gasteiger partial charge >= 0.3 is 12.0 Å². The Morgan fingerprint density at radius 2 is 1.79 bits per heavy atom. The van der Waals surface area contributed by atoms with Gasteiger partial charge in [-0.15, -0.1) is 0 Å². The summed E-state index contributed by atoms with van der Waals surface area (Å²) in [5.41, 5.74) is 0.869. The first-order valence-electron chi connectivity index (χ1n) is 10.1. The highest BCUT2D eigenvalue weighted by Gasteiger charge is 2.47. The van der Waals surface area contributed by atoms with E-state index in [2.05, 4.69) is 5.32 Å². The van der Waals surface area contributed by atoms with Gasteiger partial charge < -0.3 is 15.3 Å². The van der Waals surface area contributed by atoms with Gasteiger partial charge in [-0.25, -0.2) is 9.59 Å². The molecule has 1 saturated carbocycles. The van der Waals surface area contributed by atoms with Gasteiger partial charge in [0.2, 0.25) is 5.91 Å². The fourth-order valence-corrected chi connectivity index (χ4v) is 4.67. The summed E-state index contributed by atoms with van der Waals surface area (Å²) in [5.74, 6) is -1.75. The molecule has 2 heterocycles. The van der Waals surface area contributed by atoms with Gasteiger partial charge in [0.1, 0.15) is 11.6 Å². The van der Waals surface area contributed by atoms with Crippen LogP contribution in [0.25, 0.3) is 0 Å². The average Bonchev–Trinajstić information content (AvgIpc) is 2.95. The molecule has 0 aromatic heterocycles. The molecule has 3 aliphatic rings. The number of carbonyl (C=O) groups is 4. The number of imide groups is 1. The van der Waals surface area contributed by atoms with E-state index in [4.69, 9.17) is 0 Å². The van der Waals surface area contributed by atoms with Crippen LogP contribution in [0.4, 0.5) is 4.79 Å². The van der Waals surface area contributed by atoms with Crippen LogP contribution in [0, 0.1) is 0 Å². The van der Waals surface area contributed by atoms with Crippen molar-refractivity contribution in [2.45, 2.75) is 63.1 Å². The van der Waals surface area contributed by atoms with Gasteiger partial charge in [0, 0.05) is 25.9 Å². The second-order valence-corrected chi connectivity index (χ2v) is 8.14. The molecule has 2 fully saturated rings. The van der Waals surface area contributed by atoms with E-state index in [0.29, 0.717) is 25.8 Å². The summed E-state index contributed by atoms with van der Waals surface area (Å²) >= 11 is 0. The van der Waals surface area contributed by atoms with Crippen molar-refractivity contribution in [1.82, 2.24) is 15.1 Å². The normalized spacial score (nSPS) is 22.8. The van der Waals surface area contributed by atoms with Crippen LogP contribution in [-0.2, 0) is 27.3 Å². The third-order valence-electron chi connectivity index (χ3n) is 6.33. The van der Waals surface area contributed by atoms with Crippen LogP contribution in [0.2, 0.25) is 0 Å². The van der Waals surface area contributed by atoms with E-state index in [1.807, 2.05) is 24.3 Å². The van der Waals surface area contributed by atoms with Crippen molar-refractivity contribution in [1.29, 1.82) is 0 Å². The molecule has 0 bridgehead atoms. The summed E-state index contributed by atoms with van der Waals surface area (Å²) in [6.45, 7) is 0.346. The predicted molar refractivity (Wildman–Crippen MR) is 103 cm³/mol. The first-order chi connectivity index (χ1) is 13.9. The maximum absolute atomic E-state index is 12.8. The van der Waals surface area contributed by atoms with E-state index < -0.39 is 23.5 Å². The predicted octanol–water partition coefficient (Wildman–Crippen LogP) is 1.67. The number of urea groups is 1. The summed E-state index contributed by atoms with van der Waals surface area (Å²) in [5, 5.41) is 12.2. The lowest BCUT2D eigenvalue weighted by molar-refractivity contribution is -0.149. The lowest BCUT2D eigenvalue weighted by atomic mass is 9.81. The zero-order chi connectivity index (χ0) is 20.6. The van der Waals surface area contributed by atoms with Crippen LogP contribution < -0.4 is 5.32 Å². The molecule has 1 aromatic carbocycles. The lowest BCUT2D eigenvalue weighted by Gasteiger charge is -2.34. The average molecular weight is 399 g/mol. The molecule has 1 aliphatic carbocycles. The number of fused-ring (bicyclic) bond motifs is 2. The van der Waals surface area contributed by atoms with Gasteiger partial charge in [-0.3, -0.25) is 14.5 Å². The number of aliphatic carboxylic acids is 1. The van der Waals surface area contributed by atoms with Gasteiger partial charge in [-0.2, -0.15) is 0 Å². The van der Waals surface area contributed by atoms with Crippen LogP contribution >= 0.6 is 0 Å². The third-order valence-corrected chi connectivity index (χ3v) is 6.33. The van der Waals surface area contributed by atoms with Gasteiger partial charge in [-0.05, 0) is 24.0 Å². The van der Waals surface area contributed by atoms with E-state index >= 15 is 0 Å². The van der Waals surface area contributed by atoms with E-state index in [0.717, 1.165) is 35.3 Å². The molecular weight excluding hydrogens is 374 g/mol. The molecule has 154 valence electrons. The Morgan fingerprint density at radius 3 is 2.48 bits per heavy atom. The Morgan fingerprint density at radius 1 is 1.10 bits per heavy atom. The molecule has 29 heavy (non-hydrogen) atoms. The summed E-state index contributed by atoms with van der Waals surface area (Å²) < 4.78 is 0. The number of hydrogen-bond acceptors (Lipinski definition) is 4. The van der Waals surface area contributed by atoms with Crippen molar-refractivity contribution < 1.29 is 24.3 Å². The smallest absolute Gasteiger partial charge is 0.329 e. The van der Waals surface area contributed by atoms with Crippen molar-refractivity contribution >= 4 is 23.8 Å². The molecule has 0 radical (unpaired) electrons. The molecule has 4 amide bonds. The molecule has 2 N–H and O–H groups in total. The van der Waals surface area contributed by atoms with Gasteiger partial charge in [0.15, 0.2) is 0 Å². The van der Waals surface area contributed by atoms with E-state index in [1.54, 1.807) is 4.90 Å². The number of carbonyl (C=O) groups excluding carboxylic acids is 3. The number of carboxylic acid groups (broad SMARTS) is 1. The molecule has 2 aliphatic heterocycles. The van der Waals surface area contributed by atoms with Crippen LogP contribution in [0.3, 0.4) is 0 Å². The van der Waals surface area contributed by atoms with E-state index in [-0.39, 0.29) is 24.9 Å². The third kappa shape index (κ3) is 3.47. The first kappa shape index (κ1) is 19.4. The second-order valence-electron chi connectivity index (χ2n) is 8.14. The number of amides is 4. The van der Waals surface area contributed by atoms with Crippen LogP contribution in [0.1, 0.15) is 49.7 Å². The molecule has 1 saturated heterocycles. The molecule has 8 nitrogen and oxygen atoms in total. The monoisotopic (exact) mass is 399 g/mol. The van der Waals surface area contributed by atoms with Crippen LogP contribution in [0.5, 0.6) is 0 Å². The summed E-state index contributed by atoms with van der Waals surface area (Å²) in [6, 6.07) is 6.84. The SMILES string of the molecule is O=C(CCN1C(=O)[C@H]2Cc3ccccc3CN2C1=O)NC1(C(=O)O)CCCCC1. The van der Waals surface area contributed by atoms with E-state index in [1.165, 1.54) is 0 Å². The fraction of sp³-hybridized carbons (Fsp3) is 0.524. The molecular formula is C21H25N3O5. The minimum atomic E-state index is -1.23. The summed E-state index contributed by atoms with van der Waals surface area (Å²) in [6.07, 6.45) is 3.67. The summed E-state index contributed by atoms with van der Waals surface area (Å²) in [7, 11) is 0. The Balaban J connectivity index is 1.39. The molecule has 0 spiro atoms. The maximum atomic E-state index is 12.8. The van der Waals surface area contributed by atoms with Crippen LogP contribution in [-0.4, -0.2) is 56.8 Å². The second kappa shape index (κ2) is 7.50. The molecule has 0 unspecified atom stereocenters. The van der Waals surface area contributed by atoms with Crippen molar-refractivity contribution in [3.05, 3.63) is 35.4 Å². The van der Waals surface area contributed by atoms with Gasteiger partial charge in [0.05, 0.1) is 0 Å². The van der Waals surface area contributed by atoms with Crippen molar-refractivity contribution in [2.75, 3.05) is 6.54 Å². The van der Waals surface area contributed by atoms with Crippen molar-refractivity contribution in [3.8, 4) is 0 Å². The first-order valence-corrected chi connectivity index (χ1v) is 10.1. The standard InChI is InChI=1S/C21H25N3O5/c25-17(22-21(19(27)28)9-4-1-5-10-21)8-11-23-18(26)16-12-14-6-2-3-7-15(14)13-24(16)20(23)29/h2-3,6-7,16H,1,4-5,8-13H2,(H,22,25)(H,27,28)/t16-/m1/s1. The molecule has 8 heteroatoms. The molecule has 1 atom stereocenters. The van der Waals surface area contributed by atoms with Crippen LogP contribution in [0.15, 0.2) is 24.3 Å². The van der Waals surface area contributed by atoms with Crippen molar-refractivity contribution in [3.63, 3.8) is 0 Å². The minimum absolute atomic E-state index is 0.0391. The minimum Gasteiger partial charge on any atom is -0.480 e. The highest BCUT2D eigenvalue weighted by Crippen LogP contribution is 2.31. The van der Waals surface area contributed by atoms with Gasteiger partial charge in [0.25, 0.3) is 5.91 Å². The Bertz CT molecular complexity index is 819. The van der Waals surface area contributed by atoms with Crippen molar-refractivity contribution in [2.24, 2.45) is 0 Å².